The average molecular weight is 506 g/mol. The van der Waals surface area contributed by atoms with Crippen molar-refractivity contribution in [2.24, 2.45) is 0 Å². The second-order valence-corrected chi connectivity index (χ2v) is 11.1. The van der Waals surface area contributed by atoms with Gasteiger partial charge in [0.1, 0.15) is 23.9 Å². The molecule has 3 aromatic rings. The first-order valence-corrected chi connectivity index (χ1v) is 12.6. The number of aromatic nitrogens is 3. The molecule has 0 spiro atoms. The van der Waals surface area contributed by atoms with Crippen molar-refractivity contribution < 1.29 is 9.18 Å². The first-order valence-electron chi connectivity index (χ1n) is 12.6. The minimum Gasteiger partial charge on any atom is -0.350 e. The Morgan fingerprint density at radius 3 is 2.68 bits per heavy atom. The van der Waals surface area contributed by atoms with Crippen LogP contribution in [0.15, 0.2) is 42.6 Å². The van der Waals surface area contributed by atoms with Crippen LogP contribution in [0.4, 0.5) is 27.7 Å². The van der Waals surface area contributed by atoms with Crippen molar-refractivity contribution in [3.63, 3.8) is 0 Å². The molecule has 0 fully saturated rings. The van der Waals surface area contributed by atoms with Crippen LogP contribution in [0.3, 0.4) is 0 Å². The van der Waals surface area contributed by atoms with Crippen molar-refractivity contribution in [2.45, 2.75) is 65.0 Å². The fraction of sp³-hybridized carbons (Fsp3) is 0.429. The molecule has 0 saturated heterocycles. The van der Waals surface area contributed by atoms with Gasteiger partial charge in [-0.1, -0.05) is 39.8 Å². The zero-order valence-electron chi connectivity index (χ0n) is 22.4. The Hall–Kier alpha value is -3.59. The predicted molar refractivity (Wildman–Crippen MR) is 146 cm³/mol. The third-order valence-corrected chi connectivity index (χ3v) is 6.45. The number of amides is 1. The number of benzene rings is 1. The fourth-order valence-corrected chi connectivity index (χ4v) is 4.33. The molecule has 196 valence electrons. The fourth-order valence-electron chi connectivity index (χ4n) is 4.33. The lowest BCUT2D eigenvalue weighted by Crippen LogP contribution is -2.38. The SMILES string of the molecule is CC(C)NC(=O)c1cnc(Nc2ccc3c(c2)CNCC3(C)C)nc1Nc1cccc(C(C)(C)CF)n1. The molecular formula is C28H36FN7O. The number of fused-ring (bicyclic) bond motifs is 1. The number of rotatable bonds is 8. The van der Waals surface area contributed by atoms with Gasteiger partial charge in [0.25, 0.3) is 5.91 Å². The standard InChI is InChI=1S/C28H36FN7O/c1-17(2)32-25(37)20-14-31-26(33-19-10-11-21-18(12-19)13-30-16-28(21,5)6)36-24(20)35-23-9-7-8-22(34-23)27(3,4)15-29/h7-12,14,17,30H,13,15-16H2,1-6H3,(H,32,37)(H2,31,33,34,35,36). The van der Waals surface area contributed by atoms with E-state index in [2.05, 4.69) is 62.2 Å². The van der Waals surface area contributed by atoms with E-state index in [9.17, 15) is 9.18 Å². The molecule has 1 aliphatic heterocycles. The molecule has 4 rings (SSSR count). The van der Waals surface area contributed by atoms with Crippen LogP contribution in [0.25, 0.3) is 0 Å². The van der Waals surface area contributed by atoms with Crippen LogP contribution in [0.2, 0.25) is 0 Å². The van der Waals surface area contributed by atoms with Crippen molar-refractivity contribution in [1.82, 2.24) is 25.6 Å². The Morgan fingerprint density at radius 2 is 1.95 bits per heavy atom. The summed E-state index contributed by atoms with van der Waals surface area (Å²) in [5.41, 5.74) is 3.62. The van der Waals surface area contributed by atoms with Crippen LogP contribution < -0.4 is 21.3 Å². The largest absolute Gasteiger partial charge is 0.350 e. The highest BCUT2D eigenvalue weighted by Crippen LogP contribution is 2.32. The topological polar surface area (TPSA) is 104 Å². The van der Waals surface area contributed by atoms with Gasteiger partial charge in [-0.15, -0.1) is 0 Å². The summed E-state index contributed by atoms with van der Waals surface area (Å²) in [5.74, 6) is 0.807. The molecular weight excluding hydrogens is 469 g/mol. The van der Waals surface area contributed by atoms with Gasteiger partial charge < -0.3 is 21.3 Å². The molecule has 2 aromatic heterocycles. The molecule has 4 N–H and O–H groups in total. The van der Waals surface area contributed by atoms with Crippen molar-refractivity contribution >= 4 is 29.2 Å². The Bertz CT molecular complexity index is 1290. The van der Waals surface area contributed by atoms with Gasteiger partial charge in [-0.05, 0) is 49.2 Å². The summed E-state index contributed by atoms with van der Waals surface area (Å²) in [5, 5.41) is 12.8. The monoisotopic (exact) mass is 505 g/mol. The van der Waals surface area contributed by atoms with E-state index in [0.717, 1.165) is 18.8 Å². The second-order valence-electron chi connectivity index (χ2n) is 11.1. The van der Waals surface area contributed by atoms with Gasteiger partial charge in [-0.2, -0.15) is 4.98 Å². The van der Waals surface area contributed by atoms with Crippen LogP contribution in [-0.4, -0.2) is 40.1 Å². The Morgan fingerprint density at radius 1 is 1.16 bits per heavy atom. The van der Waals surface area contributed by atoms with Gasteiger partial charge in [-0.3, -0.25) is 9.18 Å². The third-order valence-electron chi connectivity index (χ3n) is 6.45. The van der Waals surface area contributed by atoms with Gasteiger partial charge in [0, 0.05) is 41.8 Å². The molecule has 37 heavy (non-hydrogen) atoms. The van der Waals surface area contributed by atoms with Crippen molar-refractivity contribution in [2.75, 3.05) is 23.9 Å². The van der Waals surface area contributed by atoms with E-state index in [1.807, 2.05) is 19.9 Å². The van der Waals surface area contributed by atoms with E-state index in [-0.39, 0.29) is 22.9 Å². The molecule has 1 aliphatic rings. The average Bonchev–Trinajstić information content (AvgIpc) is 2.83. The van der Waals surface area contributed by atoms with Crippen LogP contribution >= 0.6 is 0 Å². The minimum atomic E-state index is -0.732. The highest BCUT2D eigenvalue weighted by atomic mass is 19.1. The van der Waals surface area contributed by atoms with Gasteiger partial charge in [0.15, 0.2) is 0 Å². The summed E-state index contributed by atoms with van der Waals surface area (Å²) in [6.07, 6.45) is 1.49. The molecule has 0 bridgehead atoms. The maximum Gasteiger partial charge on any atom is 0.256 e. The lowest BCUT2D eigenvalue weighted by Gasteiger charge is -2.33. The molecule has 1 aromatic carbocycles. The lowest BCUT2D eigenvalue weighted by atomic mass is 9.79. The van der Waals surface area contributed by atoms with E-state index in [0.29, 0.717) is 23.3 Å². The van der Waals surface area contributed by atoms with E-state index in [1.54, 1.807) is 32.0 Å². The number of hydrogen-bond donors (Lipinski definition) is 4. The summed E-state index contributed by atoms with van der Waals surface area (Å²) in [6.45, 7) is 13.0. The van der Waals surface area contributed by atoms with E-state index in [1.165, 1.54) is 17.3 Å². The molecule has 0 saturated carbocycles. The van der Waals surface area contributed by atoms with Crippen LogP contribution in [0.5, 0.6) is 0 Å². The first kappa shape index (κ1) is 26.5. The number of alkyl halides is 1. The molecule has 0 radical (unpaired) electrons. The van der Waals surface area contributed by atoms with E-state index >= 15 is 0 Å². The third kappa shape index (κ3) is 6.05. The van der Waals surface area contributed by atoms with Gasteiger partial charge in [0.2, 0.25) is 5.95 Å². The summed E-state index contributed by atoms with van der Waals surface area (Å²) >= 11 is 0. The number of hydrogen-bond acceptors (Lipinski definition) is 7. The molecule has 9 heteroatoms. The number of carbonyl (C=O) groups excluding carboxylic acids is 1. The molecule has 0 unspecified atom stereocenters. The summed E-state index contributed by atoms with van der Waals surface area (Å²) in [7, 11) is 0. The maximum atomic E-state index is 13.6. The number of carbonyl (C=O) groups is 1. The lowest BCUT2D eigenvalue weighted by molar-refractivity contribution is 0.0943. The van der Waals surface area contributed by atoms with Crippen molar-refractivity contribution in [1.29, 1.82) is 0 Å². The summed E-state index contributed by atoms with van der Waals surface area (Å²) < 4.78 is 13.6. The molecule has 0 atom stereocenters. The maximum absolute atomic E-state index is 13.6. The number of nitrogens with zero attached hydrogens (tertiary/aromatic N) is 3. The number of halogens is 1. The zero-order chi connectivity index (χ0) is 26.8. The zero-order valence-corrected chi connectivity index (χ0v) is 22.4. The first-order chi connectivity index (χ1) is 17.5. The normalized spacial score (nSPS) is 14.7. The van der Waals surface area contributed by atoms with Crippen molar-refractivity contribution in [3.05, 3.63) is 65.0 Å². The Labute approximate surface area is 217 Å². The predicted octanol–water partition coefficient (Wildman–Crippen LogP) is 5.12. The Kier molecular flexibility index (Phi) is 7.45. The minimum absolute atomic E-state index is 0.0571. The van der Waals surface area contributed by atoms with E-state index in [4.69, 9.17) is 0 Å². The van der Waals surface area contributed by atoms with Gasteiger partial charge in [0.05, 0.1) is 5.69 Å². The Balaban J connectivity index is 1.66. The van der Waals surface area contributed by atoms with Crippen LogP contribution in [-0.2, 0) is 17.4 Å². The number of nitrogens with one attached hydrogen (secondary N) is 4. The molecule has 8 nitrogen and oxygen atoms in total. The highest BCUT2D eigenvalue weighted by molar-refractivity contribution is 5.99. The number of pyridine rings is 1. The molecule has 1 amide bonds. The molecule has 0 aliphatic carbocycles. The van der Waals surface area contributed by atoms with E-state index < -0.39 is 12.1 Å². The quantitative estimate of drug-likeness (QED) is 0.337. The van der Waals surface area contributed by atoms with Gasteiger partial charge >= 0.3 is 0 Å². The summed E-state index contributed by atoms with van der Waals surface area (Å²) in [4.78, 5) is 26.5. The number of anilines is 4. The molecule has 3 heterocycles. The highest BCUT2D eigenvalue weighted by Gasteiger charge is 2.27. The van der Waals surface area contributed by atoms with Gasteiger partial charge in [-0.25, -0.2) is 9.97 Å². The van der Waals surface area contributed by atoms with Crippen LogP contribution in [0.1, 0.15) is 68.7 Å². The van der Waals surface area contributed by atoms with Crippen LogP contribution in [0, 0.1) is 0 Å². The van der Waals surface area contributed by atoms with Crippen molar-refractivity contribution in [3.8, 4) is 0 Å². The summed E-state index contributed by atoms with van der Waals surface area (Å²) in [6, 6.07) is 11.6. The second kappa shape index (κ2) is 10.4. The smallest absolute Gasteiger partial charge is 0.256 e.